The van der Waals surface area contributed by atoms with Gasteiger partial charge in [0.15, 0.2) is 0 Å². The molecule has 0 bridgehead atoms. The zero-order chi connectivity index (χ0) is 13.3. The molecule has 0 amide bonds. The van der Waals surface area contributed by atoms with Crippen molar-refractivity contribution in [2.45, 2.75) is 44.4 Å². The van der Waals surface area contributed by atoms with Crippen molar-refractivity contribution in [1.82, 2.24) is 0 Å². The number of carboxylic acid groups (broad SMARTS) is 1. The normalized spacial score (nSPS) is 18.6. The first-order chi connectivity index (χ1) is 8.49. The Labute approximate surface area is 114 Å². The third-order valence-electron chi connectivity index (χ3n) is 3.90. The molecule has 0 saturated heterocycles. The summed E-state index contributed by atoms with van der Waals surface area (Å²) in [7, 11) is 0. The standard InChI is InChI=1S/C14H16BrFO2/c1-9-5-6-10(16)12(15)11(9)14(13(17)18)7-3-2-4-8-14/h5-6H,2-4,7-8H2,1H3,(H,17,18). The van der Waals surface area contributed by atoms with Crippen LogP contribution >= 0.6 is 15.9 Å². The summed E-state index contributed by atoms with van der Waals surface area (Å²) in [6.07, 6.45) is 4.00. The number of carbonyl (C=O) groups is 1. The van der Waals surface area contributed by atoms with E-state index in [2.05, 4.69) is 15.9 Å². The zero-order valence-electron chi connectivity index (χ0n) is 10.3. The molecule has 1 aliphatic carbocycles. The average molecular weight is 315 g/mol. The summed E-state index contributed by atoms with van der Waals surface area (Å²) < 4.78 is 14.0. The van der Waals surface area contributed by atoms with Crippen LogP contribution in [0.2, 0.25) is 0 Å². The number of carboxylic acids is 1. The molecule has 18 heavy (non-hydrogen) atoms. The molecule has 1 aromatic carbocycles. The minimum atomic E-state index is -0.927. The number of aryl methyl sites for hydroxylation is 1. The van der Waals surface area contributed by atoms with E-state index in [1.807, 2.05) is 6.92 Å². The lowest BCUT2D eigenvalue weighted by atomic mass is 9.68. The molecule has 2 nitrogen and oxygen atoms in total. The van der Waals surface area contributed by atoms with Crippen LogP contribution in [0, 0.1) is 12.7 Å². The topological polar surface area (TPSA) is 37.3 Å². The molecule has 0 aliphatic heterocycles. The van der Waals surface area contributed by atoms with Gasteiger partial charge in [0.2, 0.25) is 0 Å². The Kier molecular flexibility index (Phi) is 3.76. The first-order valence-electron chi connectivity index (χ1n) is 6.17. The van der Waals surface area contributed by atoms with E-state index in [0.29, 0.717) is 22.9 Å². The maximum atomic E-state index is 13.7. The summed E-state index contributed by atoms with van der Waals surface area (Å²) in [5.41, 5.74) is 0.533. The minimum absolute atomic E-state index is 0.312. The molecule has 1 aliphatic rings. The maximum Gasteiger partial charge on any atom is 0.314 e. The molecule has 0 radical (unpaired) electrons. The van der Waals surface area contributed by atoms with Crippen molar-refractivity contribution in [3.8, 4) is 0 Å². The van der Waals surface area contributed by atoms with Crippen molar-refractivity contribution in [2.24, 2.45) is 0 Å². The fraction of sp³-hybridized carbons (Fsp3) is 0.500. The van der Waals surface area contributed by atoms with E-state index in [9.17, 15) is 14.3 Å². The van der Waals surface area contributed by atoms with E-state index in [1.165, 1.54) is 6.07 Å². The highest BCUT2D eigenvalue weighted by molar-refractivity contribution is 9.10. The van der Waals surface area contributed by atoms with Crippen LogP contribution in [0.25, 0.3) is 0 Å². The molecule has 2 rings (SSSR count). The molecular formula is C14H16BrFO2. The van der Waals surface area contributed by atoms with E-state index in [0.717, 1.165) is 24.8 Å². The van der Waals surface area contributed by atoms with Crippen LogP contribution in [0.3, 0.4) is 0 Å². The van der Waals surface area contributed by atoms with Gasteiger partial charge in [-0.15, -0.1) is 0 Å². The van der Waals surface area contributed by atoms with Crippen LogP contribution in [0.5, 0.6) is 0 Å². The fourth-order valence-corrected chi connectivity index (χ4v) is 3.79. The molecule has 1 saturated carbocycles. The Morgan fingerprint density at radius 3 is 2.50 bits per heavy atom. The first-order valence-corrected chi connectivity index (χ1v) is 6.97. The van der Waals surface area contributed by atoms with Gasteiger partial charge in [0.05, 0.1) is 9.89 Å². The van der Waals surface area contributed by atoms with Crippen LogP contribution in [-0.4, -0.2) is 11.1 Å². The second-order valence-corrected chi connectivity index (χ2v) is 5.79. The molecule has 0 atom stereocenters. The van der Waals surface area contributed by atoms with E-state index in [-0.39, 0.29) is 5.82 Å². The van der Waals surface area contributed by atoms with Gasteiger partial charge >= 0.3 is 5.97 Å². The quantitative estimate of drug-likeness (QED) is 0.889. The van der Waals surface area contributed by atoms with Gasteiger partial charge in [0.25, 0.3) is 0 Å². The van der Waals surface area contributed by atoms with Crippen LogP contribution in [0.4, 0.5) is 4.39 Å². The largest absolute Gasteiger partial charge is 0.481 e. The lowest BCUT2D eigenvalue weighted by Crippen LogP contribution is -2.39. The summed E-state index contributed by atoms with van der Waals surface area (Å²) in [5.74, 6) is -1.22. The van der Waals surface area contributed by atoms with E-state index in [1.54, 1.807) is 6.07 Å². The van der Waals surface area contributed by atoms with E-state index >= 15 is 0 Å². The summed E-state index contributed by atoms with van der Waals surface area (Å²) in [4.78, 5) is 11.7. The Morgan fingerprint density at radius 1 is 1.33 bits per heavy atom. The van der Waals surface area contributed by atoms with Gasteiger partial charge in [-0.05, 0) is 52.9 Å². The third kappa shape index (κ3) is 2.07. The van der Waals surface area contributed by atoms with Crippen molar-refractivity contribution < 1.29 is 14.3 Å². The summed E-state index contributed by atoms with van der Waals surface area (Å²) in [6.45, 7) is 1.85. The highest BCUT2D eigenvalue weighted by atomic mass is 79.9. The Morgan fingerprint density at radius 2 is 1.94 bits per heavy atom. The smallest absolute Gasteiger partial charge is 0.314 e. The predicted octanol–water partition coefficient (Wildman–Crippen LogP) is 4.18. The maximum absolute atomic E-state index is 13.7. The molecule has 1 fully saturated rings. The molecular weight excluding hydrogens is 299 g/mol. The van der Waals surface area contributed by atoms with E-state index in [4.69, 9.17) is 0 Å². The summed E-state index contributed by atoms with van der Waals surface area (Å²) >= 11 is 3.23. The Hall–Kier alpha value is -0.900. The number of hydrogen-bond acceptors (Lipinski definition) is 1. The highest BCUT2D eigenvalue weighted by Gasteiger charge is 2.43. The highest BCUT2D eigenvalue weighted by Crippen LogP contribution is 2.44. The van der Waals surface area contributed by atoms with E-state index < -0.39 is 11.4 Å². The molecule has 4 heteroatoms. The van der Waals surface area contributed by atoms with Crippen LogP contribution in [0.1, 0.15) is 43.2 Å². The molecule has 0 spiro atoms. The minimum Gasteiger partial charge on any atom is -0.481 e. The lowest BCUT2D eigenvalue weighted by molar-refractivity contribution is -0.145. The zero-order valence-corrected chi connectivity index (χ0v) is 11.9. The lowest BCUT2D eigenvalue weighted by Gasteiger charge is -2.35. The Balaban J connectivity index is 2.63. The first kappa shape index (κ1) is 13.5. The Bertz CT molecular complexity index is 479. The monoisotopic (exact) mass is 314 g/mol. The summed E-state index contributed by atoms with van der Waals surface area (Å²) in [5, 5.41) is 9.64. The van der Waals surface area contributed by atoms with Gasteiger partial charge in [0.1, 0.15) is 5.82 Å². The van der Waals surface area contributed by atoms with Crippen molar-refractivity contribution in [3.05, 3.63) is 33.5 Å². The molecule has 1 aromatic rings. The van der Waals surface area contributed by atoms with Crippen LogP contribution < -0.4 is 0 Å². The molecule has 98 valence electrons. The SMILES string of the molecule is Cc1ccc(F)c(Br)c1C1(C(=O)O)CCCCC1. The number of halogens is 2. The fourth-order valence-electron chi connectivity index (χ4n) is 2.96. The third-order valence-corrected chi connectivity index (χ3v) is 4.67. The summed E-state index contributed by atoms with van der Waals surface area (Å²) in [6, 6.07) is 3.04. The second kappa shape index (κ2) is 5.00. The van der Waals surface area contributed by atoms with Crippen molar-refractivity contribution >= 4 is 21.9 Å². The molecule has 1 N–H and O–H groups in total. The van der Waals surface area contributed by atoms with Gasteiger partial charge < -0.3 is 5.11 Å². The number of aliphatic carboxylic acids is 1. The van der Waals surface area contributed by atoms with Crippen LogP contribution in [-0.2, 0) is 10.2 Å². The van der Waals surface area contributed by atoms with Gasteiger partial charge in [-0.2, -0.15) is 0 Å². The van der Waals surface area contributed by atoms with Crippen LogP contribution in [0.15, 0.2) is 16.6 Å². The van der Waals surface area contributed by atoms with Crippen molar-refractivity contribution in [3.63, 3.8) is 0 Å². The number of benzene rings is 1. The molecule has 0 unspecified atom stereocenters. The predicted molar refractivity (Wildman–Crippen MR) is 71.2 cm³/mol. The number of hydrogen-bond donors (Lipinski definition) is 1. The number of rotatable bonds is 2. The van der Waals surface area contributed by atoms with Gasteiger partial charge in [-0.25, -0.2) is 4.39 Å². The van der Waals surface area contributed by atoms with Gasteiger partial charge in [-0.1, -0.05) is 25.3 Å². The van der Waals surface area contributed by atoms with Gasteiger partial charge in [-0.3, -0.25) is 4.79 Å². The van der Waals surface area contributed by atoms with Crippen molar-refractivity contribution in [2.75, 3.05) is 0 Å². The molecule has 0 aromatic heterocycles. The average Bonchev–Trinajstić information content (AvgIpc) is 2.35. The van der Waals surface area contributed by atoms with Gasteiger partial charge in [0, 0.05) is 0 Å². The van der Waals surface area contributed by atoms with Crippen molar-refractivity contribution in [1.29, 1.82) is 0 Å². The molecule has 0 heterocycles. The second-order valence-electron chi connectivity index (χ2n) is 5.00.